The monoisotopic (exact) mass is 366 g/mol. The smallest absolute Gasteiger partial charge is 0.243 e. The maximum Gasteiger partial charge on any atom is 0.243 e. The van der Waals surface area contributed by atoms with Gasteiger partial charge in [-0.1, -0.05) is 30.3 Å². The number of fused-ring (bicyclic) bond motifs is 1. The molecule has 0 N–H and O–H groups in total. The summed E-state index contributed by atoms with van der Waals surface area (Å²) in [4.78, 5) is 29.0. The minimum Gasteiger partial charge on any atom is -0.334 e. The largest absolute Gasteiger partial charge is 0.334 e. The molecular weight excluding hydrogens is 343 g/mol. The third-order valence-electron chi connectivity index (χ3n) is 5.54. The number of carbonyl (C=O) groups is 2. The normalized spacial score (nSPS) is 19.7. The Kier molecular flexibility index (Phi) is 4.92. The van der Waals surface area contributed by atoms with Crippen molar-refractivity contribution in [3.05, 3.63) is 65.5 Å². The summed E-state index contributed by atoms with van der Waals surface area (Å²) >= 11 is 0. The predicted molar refractivity (Wildman–Crippen MR) is 102 cm³/mol. The van der Waals surface area contributed by atoms with Gasteiger partial charge in [-0.05, 0) is 55.0 Å². The summed E-state index contributed by atoms with van der Waals surface area (Å²) in [7, 11) is 0. The summed E-state index contributed by atoms with van der Waals surface area (Å²) in [6.45, 7) is 0.686. The highest BCUT2D eigenvalue weighted by Crippen LogP contribution is 2.32. The van der Waals surface area contributed by atoms with Crippen LogP contribution in [0.3, 0.4) is 0 Å². The molecule has 1 saturated heterocycles. The molecule has 0 radical (unpaired) electrons. The van der Waals surface area contributed by atoms with E-state index in [-0.39, 0.29) is 30.2 Å². The number of benzene rings is 2. The van der Waals surface area contributed by atoms with Crippen LogP contribution in [-0.2, 0) is 16.0 Å². The van der Waals surface area contributed by atoms with Crippen molar-refractivity contribution in [2.75, 3.05) is 18.0 Å². The van der Waals surface area contributed by atoms with E-state index in [2.05, 4.69) is 0 Å². The number of hydrogen-bond acceptors (Lipinski definition) is 2. The number of para-hydroxylation sites is 1. The lowest BCUT2D eigenvalue weighted by molar-refractivity contribution is -0.135. The zero-order chi connectivity index (χ0) is 18.8. The summed E-state index contributed by atoms with van der Waals surface area (Å²) < 4.78 is 13.7. The molecule has 0 aromatic heterocycles. The van der Waals surface area contributed by atoms with Gasteiger partial charge in [-0.3, -0.25) is 9.59 Å². The second-order valence-electron chi connectivity index (χ2n) is 7.26. The fourth-order valence-corrected chi connectivity index (χ4v) is 4.19. The van der Waals surface area contributed by atoms with Gasteiger partial charge in [0.2, 0.25) is 11.8 Å². The number of nitrogens with zero attached hydrogens (tertiary/aromatic N) is 2. The van der Waals surface area contributed by atoms with E-state index in [4.69, 9.17) is 0 Å². The van der Waals surface area contributed by atoms with Gasteiger partial charge < -0.3 is 9.80 Å². The van der Waals surface area contributed by atoms with Crippen LogP contribution >= 0.6 is 0 Å². The maximum atomic E-state index is 13.7. The lowest BCUT2D eigenvalue weighted by atomic mass is 9.95. The van der Waals surface area contributed by atoms with Gasteiger partial charge in [-0.25, -0.2) is 4.39 Å². The van der Waals surface area contributed by atoms with Crippen LogP contribution in [-0.4, -0.2) is 29.8 Å². The minimum absolute atomic E-state index is 0.0126. The van der Waals surface area contributed by atoms with E-state index in [9.17, 15) is 14.0 Å². The molecule has 4 rings (SSSR count). The summed E-state index contributed by atoms with van der Waals surface area (Å²) in [5.74, 6) is -0.374. The average Bonchev–Trinajstić information content (AvgIpc) is 2.70. The molecule has 2 aromatic carbocycles. The Morgan fingerprint density at radius 2 is 1.93 bits per heavy atom. The highest BCUT2D eigenvalue weighted by molar-refractivity contribution is 6.01. The number of anilines is 1. The maximum absolute atomic E-state index is 13.7. The van der Waals surface area contributed by atoms with E-state index < -0.39 is 0 Å². The molecule has 2 aliphatic rings. The first kappa shape index (κ1) is 17.7. The Morgan fingerprint density at radius 1 is 1.07 bits per heavy atom. The topological polar surface area (TPSA) is 40.6 Å². The Morgan fingerprint density at radius 3 is 2.78 bits per heavy atom. The van der Waals surface area contributed by atoms with Crippen LogP contribution in [0, 0.1) is 5.82 Å². The van der Waals surface area contributed by atoms with Gasteiger partial charge in [0, 0.05) is 18.7 Å². The van der Waals surface area contributed by atoms with Crippen LogP contribution in [0.4, 0.5) is 10.1 Å². The van der Waals surface area contributed by atoms with E-state index in [1.54, 1.807) is 11.0 Å². The Balaban J connectivity index is 1.57. The second kappa shape index (κ2) is 7.51. The van der Waals surface area contributed by atoms with Crippen molar-refractivity contribution in [2.24, 2.45) is 0 Å². The quantitative estimate of drug-likeness (QED) is 0.828. The van der Waals surface area contributed by atoms with Crippen molar-refractivity contribution in [1.82, 2.24) is 4.90 Å². The lowest BCUT2D eigenvalue weighted by Crippen LogP contribution is -2.47. The van der Waals surface area contributed by atoms with Crippen molar-refractivity contribution >= 4 is 17.5 Å². The van der Waals surface area contributed by atoms with Crippen LogP contribution in [0.5, 0.6) is 0 Å². The standard InChI is InChI=1S/C22H23FN2O2/c23-18-8-5-7-17(14-18)20-10-3-4-13-24(20)22(27)15-25-19-9-2-1-6-16(19)11-12-21(25)26/h1-2,5-9,14,20H,3-4,10-13,15H2. The average molecular weight is 366 g/mol. The molecule has 1 atom stereocenters. The van der Waals surface area contributed by atoms with Crippen LogP contribution in [0.15, 0.2) is 48.5 Å². The van der Waals surface area contributed by atoms with Gasteiger partial charge in [-0.2, -0.15) is 0 Å². The minimum atomic E-state index is -0.286. The summed E-state index contributed by atoms with van der Waals surface area (Å²) in [5.41, 5.74) is 2.76. The summed E-state index contributed by atoms with van der Waals surface area (Å²) in [6.07, 6.45) is 3.91. The molecule has 1 fully saturated rings. The van der Waals surface area contributed by atoms with Gasteiger partial charge in [0.25, 0.3) is 0 Å². The molecular formula is C22H23FN2O2. The van der Waals surface area contributed by atoms with Crippen molar-refractivity contribution < 1.29 is 14.0 Å². The Hall–Kier alpha value is -2.69. The van der Waals surface area contributed by atoms with Crippen LogP contribution in [0.1, 0.15) is 42.9 Å². The summed E-state index contributed by atoms with van der Waals surface area (Å²) in [5, 5.41) is 0. The third kappa shape index (κ3) is 3.59. The summed E-state index contributed by atoms with van der Waals surface area (Å²) in [6, 6.07) is 14.1. The number of hydrogen-bond donors (Lipinski definition) is 0. The van der Waals surface area contributed by atoms with E-state index in [0.717, 1.165) is 42.5 Å². The molecule has 4 nitrogen and oxygen atoms in total. The highest BCUT2D eigenvalue weighted by atomic mass is 19.1. The van der Waals surface area contributed by atoms with Crippen molar-refractivity contribution in [2.45, 2.75) is 38.1 Å². The van der Waals surface area contributed by atoms with Gasteiger partial charge in [0.15, 0.2) is 0 Å². The van der Waals surface area contributed by atoms with Gasteiger partial charge in [0.05, 0.1) is 6.04 Å². The fourth-order valence-electron chi connectivity index (χ4n) is 4.19. The third-order valence-corrected chi connectivity index (χ3v) is 5.54. The molecule has 2 amide bonds. The number of likely N-dealkylation sites (tertiary alicyclic amines) is 1. The molecule has 0 saturated carbocycles. The molecule has 1 unspecified atom stereocenters. The number of carbonyl (C=O) groups excluding carboxylic acids is 2. The SMILES string of the molecule is O=C1CCc2ccccc2N1CC(=O)N1CCCCC1c1cccc(F)c1. The van der Waals surface area contributed by atoms with Crippen LogP contribution in [0.2, 0.25) is 0 Å². The van der Waals surface area contributed by atoms with E-state index in [1.807, 2.05) is 35.2 Å². The van der Waals surface area contributed by atoms with E-state index in [0.29, 0.717) is 13.0 Å². The van der Waals surface area contributed by atoms with Gasteiger partial charge >= 0.3 is 0 Å². The van der Waals surface area contributed by atoms with Crippen molar-refractivity contribution in [3.8, 4) is 0 Å². The first-order valence-electron chi connectivity index (χ1n) is 9.57. The number of piperidine rings is 1. The molecule has 27 heavy (non-hydrogen) atoms. The van der Waals surface area contributed by atoms with E-state index >= 15 is 0 Å². The number of halogens is 1. The van der Waals surface area contributed by atoms with E-state index in [1.165, 1.54) is 12.1 Å². The zero-order valence-corrected chi connectivity index (χ0v) is 15.2. The number of aryl methyl sites for hydroxylation is 1. The van der Waals surface area contributed by atoms with Crippen LogP contribution < -0.4 is 4.90 Å². The zero-order valence-electron chi connectivity index (χ0n) is 15.2. The van der Waals surface area contributed by atoms with Gasteiger partial charge in [-0.15, -0.1) is 0 Å². The molecule has 0 aliphatic carbocycles. The molecule has 2 aromatic rings. The van der Waals surface area contributed by atoms with Gasteiger partial charge in [0.1, 0.15) is 12.4 Å². The molecule has 0 bridgehead atoms. The molecule has 0 spiro atoms. The molecule has 2 aliphatic heterocycles. The second-order valence-corrected chi connectivity index (χ2v) is 7.26. The Bertz CT molecular complexity index is 867. The molecule has 5 heteroatoms. The lowest BCUT2D eigenvalue weighted by Gasteiger charge is -2.38. The Labute approximate surface area is 158 Å². The van der Waals surface area contributed by atoms with Crippen molar-refractivity contribution in [1.29, 1.82) is 0 Å². The van der Waals surface area contributed by atoms with Crippen molar-refractivity contribution in [3.63, 3.8) is 0 Å². The first-order chi connectivity index (χ1) is 13.1. The number of rotatable bonds is 3. The predicted octanol–water partition coefficient (Wildman–Crippen LogP) is 3.86. The molecule has 2 heterocycles. The highest BCUT2D eigenvalue weighted by Gasteiger charge is 2.32. The molecule has 140 valence electrons. The van der Waals surface area contributed by atoms with Crippen LogP contribution in [0.25, 0.3) is 0 Å². The number of amides is 2. The fraction of sp³-hybridized carbons (Fsp3) is 0.364. The first-order valence-corrected chi connectivity index (χ1v) is 9.57.